The van der Waals surface area contributed by atoms with Crippen molar-refractivity contribution in [3.05, 3.63) is 185 Å². The summed E-state index contributed by atoms with van der Waals surface area (Å²) in [7, 11) is 0. The van der Waals surface area contributed by atoms with E-state index in [9.17, 15) is 19.2 Å². The largest absolute Gasteiger partial charge is 0.508 e. The molecule has 59 heavy (non-hydrogen) atoms. The molecule has 0 bridgehead atoms. The van der Waals surface area contributed by atoms with Gasteiger partial charge in [-0.25, -0.2) is 4.79 Å². The van der Waals surface area contributed by atoms with Gasteiger partial charge in [-0.2, -0.15) is 0 Å². The molecular weight excluding hydrogens is 1040 g/mol. The van der Waals surface area contributed by atoms with Gasteiger partial charge in [0.2, 0.25) is 5.60 Å². The van der Waals surface area contributed by atoms with Gasteiger partial charge in [-0.15, -0.1) is 0 Å². The third-order valence-corrected chi connectivity index (χ3v) is 10.4. The Morgan fingerprint density at radius 2 is 0.780 bits per heavy atom. The lowest BCUT2D eigenvalue weighted by Gasteiger charge is -2.24. The Hall–Kier alpha value is -4.47. The third-order valence-electron chi connectivity index (χ3n) is 8.01. The highest BCUT2D eigenvalue weighted by Gasteiger charge is 2.32. The molecule has 6 aromatic carbocycles. The fourth-order valence-corrected chi connectivity index (χ4v) is 5.74. The predicted molar refractivity (Wildman–Crippen MR) is 249 cm³/mol. The van der Waals surface area contributed by atoms with Crippen molar-refractivity contribution < 1.29 is 38.5 Å². The van der Waals surface area contributed by atoms with Crippen LogP contribution in [0.25, 0.3) is 0 Å². The average Bonchev–Trinajstić information content (AvgIpc) is 3.20. The first kappa shape index (κ1) is 47.2. The molecule has 0 aliphatic heterocycles. The minimum Gasteiger partial charge on any atom is -0.508 e. The number of halogens is 5. The van der Waals surface area contributed by atoms with E-state index in [-0.39, 0.29) is 11.6 Å². The monoisotopic (exact) mass is 1080 g/mol. The lowest BCUT2D eigenvalue weighted by Crippen LogP contribution is -2.41. The molecule has 0 saturated carbocycles. The van der Waals surface area contributed by atoms with Crippen LogP contribution in [0, 0.1) is 7.14 Å². The van der Waals surface area contributed by atoms with Gasteiger partial charge < -0.3 is 19.3 Å². The van der Waals surface area contributed by atoms with Crippen LogP contribution >= 0.6 is 80.0 Å². The molecule has 0 atom stereocenters. The van der Waals surface area contributed by atoms with Gasteiger partial charge in [0.1, 0.15) is 23.0 Å². The zero-order valence-corrected chi connectivity index (χ0v) is 38.6. The SMILES string of the molecule is CC(C)(Oc1ccc(C(=O)c2ccc(Cl)cc2)cc1)C(=O)Cl.CC(C)(Oc1ccc(C(=O)c2ccc(Cl)cc2)cc1)C(=O)Oc1ccc(I)cc1.Oc1ccc(I)cc1. The second-order valence-electron chi connectivity index (χ2n) is 13.5. The Balaban J connectivity index is 0.000000225. The first-order valence-corrected chi connectivity index (χ1v) is 20.9. The molecule has 0 radical (unpaired) electrons. The quantitative estimate of drug-likeness (QED) is 0.0448. The molecule has 13 heteroatoms. The fraction of sp³-hybridized carbons (Fsp3) is 0.130. The maximum absolute atomic E-state index is 12.5. The van der Waals surface area contributed by atoms with Gasteiger partial charge in [0.05, 0.1) is 0 Å². The number of phenols is 1. The summed E-state index contributed by atoms with van der Waals surface area (Å²) in [6.07, 6.45) is 0. The van der Waals surface area contributed by atoms with Crippen molar-refractivity contribution in [2.75, 3.05) is 0 Å². The molecule has 0 aliphatic carbocycles. The molecule has 0 unspecified atom stereocenters. The third kappa shape index (κ3) is 14.9. The van der Waals surface area contributed by atoms with Crippen LogP contribution in [0.4, 0.5) is 0 Å². The van der Waals surface area contributed by atoms with E-state index in [0.29, 0.717) is 55.3 Å². The Bertz CT molecular complexity index is 2330. The summed E-state index contributed by atoms with van der Waals surface area (Å²) in [5.74, 6) is 0.955. The summed E-state index contributed by atoms with van der Waals surface area (Å²) in [6.45, 7) is 6.42. The smallest absolute Gasteiger partial charge is 0.355 e. The predicted octanol–water partition coefficient (Wildman–Crippen LogP) is 12.4. The average molecular weight is 1080 g/mol. The number of carbonyl (C=O) groups is 4. The zero-order chi connectivity index (χ0) is 43.3. The van der Waals surface area contributed by atoms with Crippen molar-refractivity contribution in [3.63, 3.8) is 0 Å². The highest BCUT2D eigenvalue weighted by Crippen LogP contribution is 2.25. The topological polar surface area (TPSA) is 116 Å². The van der Waals surface area contributed by atoms with Crippen molar-refractivity contribution >= 4 is 103 Å². The first-order valence-electron chi connectivity index (χ1n) is 17.6. The molecule has 0 spiro atoms. The number of ketones is 2. The highest BCUT2D eigenvalue weighted by molar-refractivity contribution is 14.1. The number of phenolic OH excluding ortho intramolecular Hbond substituents is 1. The van der Waals surface area contributed by atoms with Crippen LogP contribution in [0.1, 0.15) is 59.5 Å². The van der Waals surface area contributed by atoms with Gasteiger partial charge in [-0.1, -0.05) is 23.2 Å². The molecular formula is C46H37Cl3I2O8. The van der Waals surface area contributed by atoms with Gasteiger partial charge in [0.15, 0.2) is 17.2 Å². The maximum atomic E-state index is 12.5. The number of hydrogen-bond acceptors (Lipinski definition) is 8. The summed E-state index contributed by atoms with van der Waals surface area (Å²) in [6, 6.07) is 40.8. The number of carbonyl (C=O) groups excluding carboxylic acids is 4. The number of ether oxygens (including phenoxy) is 3. The molecule has 0 fully saturated rings. The molecule has 0 heterocycles. The molecule has 6 aromatic rings. The van der Waals surface area contributed by atoms with Crippen LogP contribution < -0.4 is 14.2 Å². The summed E-state index contributed by atoms with van der Waals surface area (Å²) in [5.41, 5.74) is -0.198. The van der Waals surface area contributed by atoms with Crippen LogP contribution in [-0.2, 0) is 9.59 Å². The molecule has 0 aromatic heterocycles. The lowest BCUT2D eigenvalue weighted by atomic mass is 10.0. The van der Waals surface area contributed by atoms with E-state index in [0.717, 1.165) is 7.14 Å². The van der Waals surface area contributed by atoms with Crippen LogP contribution in [0.15, 0.2) is 146 Å². The van der Waals surface area contributed by atoms with Crippen LogP contribution in [0.2, 0.25) is 10.0 Å². The lowest BCUT2D eigenvalue weighted by molar-refractivity contribution is -0.149. The van der Waals surface area contributed by atoms with Gasteiger partial charge in [0, 0.05) is 39.4 Å². The second kappa shape index (κ2) is 21.7. The van der Waals surface area contributed by atoms with E-state index in [1.165, 1.54) is 0 Å². The summed E-state index contributed by atoms with van der Waals surface area (Å²) >= 11 is 21.5. The van der Waals surface area contributed by atoms with Crippen molar-refractivity contribution in [2.45, 2.75) is 38.9 Å². The van der Waals surface area contributed by atoms with E-state index < -0.39 is 22.4 Å². The van der Waals surface area contributed by atoms with Crippen molar-refractivity contribution in [1.82, 2.24) is 0 Å². The van der Waals surface area contributed by atoms with E-state index >= 15 is 0 Å². The first-order chi connectivity index (χ1) is 27.8. The minimum absolute atomic E-state index is 0.115. The van der Waals surface area contributed by atoms with E-state index in [2.05, 4.69) is 45.2 Å². The highest BCUT2D eigenvalue weighted by atomic mass is 127. The normalized spacial score (nSPS) is 10.8. The number of hydrogen-bond donors (Lipinski definition) is 1. The molecule has 0 aliphatic rings. The summed E-state index contributed by atoms with van der Waals surface area (Å²) < 4.78 is 18.9. The molecule has 1 N–H and O–H groups in total. The number of rotatable bonds is 11. The molecule has 304 valence electrons. The maximum Gasteiger partial charge on any atom is 0.355 e. The van der Waals surface area contributed by atoms with Crippen LogP contribution in [0.5, 0.6) is 23.0 Å². The Morgan fingerprint density at radius 3 is 1.12 bits per heavy atom. The Kier molecular flexibility index (Phi) is 17.4. The van der Waals surface area contributed by atoms with Crippen molar-refractivity contribution in [2.24, 2.45) is 0 Å². The number of benzene rings is 6. The Labute approximate surface area is 385 Å². The summed E-state index contributed by atoms with van der Waals surface area (Å²) in [5, 5.41) is 9.32. The molecule has 6 rings (SSSR count). The second-order valence-corrected chi connectivity index (χ2v) is 17.2. The van der Waals surface area contributed by atoms with Crippen LogP contribution in [0.3, 0.4) is 0 Å². The molecule has 0 amide bonds. The fourth-order valence-electron chi connectivity index (χ4n) is 4.73. The van der Waals surface area contributed by atoms with Gasteiger partial charge in [-0.3, -0.25) is 14.4 Å². The van der Waals surface area contributed by atoms with Crippen molar-refractivity contribution in [1.29, 1.82) is 0 Å². The van der Waals surface area contributed by atoms with Crippen molar-refractivity contribution in [3.8, 4) is 23.0 Å². The summed E-state index contributed by atoms with van der Waals surface area (Å²) in [4.78, 5) is 48.6. The number of esters is 1. The van der Waals surface area contributed by atoms with Gasteiger partial charge >= 0.3 is 5.97 Å². The van der Waals surface area contributed by atoms with E-state index in [1.54, 1.807) is 149 Å². The van der Waals surface area contributed by atoms with E-state index in [1.807, 2.05) is 24.3 Å². The zero-order valence-electron chi connectivity index (χ0n) is 32.1. The Morgan fingerprint density at radius 1 is 0.475 bits per heavy atom. The minimum atomic E-state index is -1.20. The van der Waals surface area contributed by atoms with Gasteiger partial charge in [-0.05, 0) is 230 Å². The number of aromatic hydroxyl groups is 1. The standard InChI is InChI=1S/C23H18ClIO4.C17H14Cl2O3.C6H5IO/c1-23(2,22(27)28-19-13-9-18(25)10-14-19)29-20-11-5-16(6-12-20)21(26)15-3-7-17(24)8-4-15;1-17(2,16(19)21)22-14-9-5-12(6-10-14)15(20)11-3-7-13(18)8-4-11;7-5-1-3-6(8)4-2-5/h3-14H,1-2H3;3-10H,1-2H3;1-4,8H. The van der Waals surface area contributed by atoms with Crippen LogP contribution in [-0.4, -0.2) is 39.1 Å². The molecule has 8 nitrogen and oxygen atoms in total. The molecule has 0 saturated heterocycles. The van der Waals surface area contributed by atoms with Gasteiger partial charge in [0.25, 0.3) is 5.24 Å². The van der Waals surface area contributed by atoms with E-state index in [4.69, 9.17) is 54.1 Å².